The van der Waals surface area contributed by atoms with Crippen molar-refractivity contribution in [2.75, 3.05) is 11.9 Å². The Labute approximate surface area is 106 Å². The second-order valence-electron chi connectivity index (χ2n) is 3.87. The molecule has 4 heteroatoms. The fraction of sp³-hybridized carbons (Fsp3) is 0.214. The first-order chi connectivity index (χ1) is 8.79. The molecule has 2 N–H and O–H groups in total. The summed E-state index contributed by atoms with van der Waals surface area (Å²) in [7, 11) is 0. The molecule has 0 aliphatic heterocycles. The van der Waals surface area contributed by atoms with Gasteiger partial charge in [-0.1, -0.05) is 0 Å². The second-order valence-corrected chi connectivity index (χ2v) is 3.87. The minimum absolute atomic E-state index is 0.102. The molecule has 4 nitrogen and oxygen atoms in total. The van der Waals surface area contributed by atoms with Crippen molar-refractivity contribution in [2.45, 2.75) is 13.5 Å². The summed E-state index contributed by atoms with van der Waals surface area (Å²) in [6.45, 7) is 3.30. The van der Waals surface area contributed by atoms with Crippen molar-refractivity contribution in [3.05, 3.63) is 54.0 Å². The number of benzene rings is 1. The summed E-state index contributed by atoms with van der Waals surface area (Å²) in [5.41, 5.74) is 1.66. The zero-order valence-corrected chi connectivity index (χ0v) is 10.3. The molecule has 0 saturated heterocycles. The van der Waals surface area contributed by atoms with E-state index in [1.54, 1.807) is 24.5 Å². The molecule has 2 aromatic rings. The van der Waals surface area contributed by atoms with E-state index >= 15 is 0 Å². The van der Waals surface area contributed by atoms with Crippen LogP contribution in [0.1, 0.15) is 23.0 Å². The molecule has 0 aliphatic rings. The highest BCUT2D eigenvalue weighted by Crippen LogP contribution is 2.09. The van der Waals surface area contributed by atoms with Gasteiger partial charge in [-0.15, -0.1) is 0 Å². The number of rotatable bonds is 5. The number of anilines is 1. The highest BCUT2D eigenvalue weighted by Gasteiger charge is 2.05. The molecule has 1 amide bonds. The Balaban J connectivity index is 1.92. The number of hydrogen-bond acceptors (Lipinski definition) is 3. The Bertz CT molecular complexity index is 489. The maximum Gasteiger partial charge on any atom is 0.251 e. The Kier molecular flexibility index (Phi) is 4.02. The van der Waals surface area contributed by atoms with E-state index in [1.165, 1.54) is 0 Å². The predicted octanol–water partition coefficient (Wildman–Crippen LogP) is 2.64. The lowest BCUT2D eigenvalue weighted by atomic mass is 10.2. The number of carbonyl (C=O) groups excluding carboxylic acids is 1. The highest BCUT2D eigenvalue weighted by atomic mass is 16.3. The van der Waals surface area contributed by atoms with E-state index < -0.39 is 0 Å². The smallest absolute Gasteiger partial charge is 0.251 e. The first-order valence-corrected chi connectivity index (χ1v) is 5.94. The molecule has 0 bridgehead atoms. The van der Waals surface area contributed by atoms with Gasteiger partial charge in [-0.3, -0.25) is 4.79 Å². The van der Waals surface area contributed by atoms with Crippen LogP contribution in [-0.2, 0) is 6.54 Å². The molecule has 1 aromatic carbocycles. The molecule has 1 heterocycles. The average molecular weight is 244 g/mol. The van der Waals surface area contributed by atoms with E-state index in [2.05, 4.69) is 10.6 Å². The van der Waals surface area contributed by atoms with Gasteiger partial charge in [0.05, 0.1) is 12.8 Å². The number of nitrogens with one attached hydrogen (secondary N) is 2. The summed E-state index contributed by atoms with van der Waals surface area (Å²) in [6, 6.07) is 11.0. The van der Waals surface area contributed by atoms with Gasteiger partial charge in [0.25, 0.3) is 5.91 Å². The highest BCUT2D eigenvalue weighted by molar-refractivity contribution is 5.94. The fourth-order valence-electron chi connectivity index (χ4n) is 1.63. The lowest BCUT2D eigenvalue weighted by molar-refractivity contribution is 0.0948. The van der Waals surface area contributed by atoms with Gasteiger partial charge in [0, 0.05) is 17.8 Å². The Morgan fingerprint density at radius 2 is 2.00 bits per heavy atom. The molecule has 1 aromatic heterocycles. The minimum Gasteiger partial charge on any atom is -0.467 e. The predicted molar refractivity (Wildman–Crippen MR) is 70.5 cm³/mol. The lowest BCUT2D eigenvalue weighted by Gasteiger charge is -2.05. The van der Waals surface area contributed by atoms with E-state index in [1.807, 2.05) is 25.1 Å². The van der Waals surface area contributed by atoms with Crippen LogP contribution in [0.4, 0.5) is 5.69 Å². The molecular formula is C14H16N2O2. The van der Waals surface area contributed by atoms with E-state index in [4.69, 9.17) is 4.42 Å². The summed E-state index contributed by atoms with van der Waals surface area (Å²) < 4.78 is 5.15. The Morgan fingerprint density at radius 1 is 1.22 bits per heavy atom. The SMILES string of the molecule is CCNc1ccc(C(=O)NCc2ccco2)cc1. The van der Waals surface area contributed by atoms with Crippen LogP contribution in [0, 0.1) is 0 Å². The topological polar surface area (TPSA) is 54.3 Å². The van der Waals surface area contributed by atoms with Crippen LogP contribution in [0.25, 0.3) is 0 Å². The van der Waals surface area contributed by atoms with Crippen molar-refractivity contribution in [3.63, 3.8) is 0 Å². The van der Waals surface area contributed by atoms with E-state index in [0.717, 1.165) is 18.0 Å². The number of furan rings is 1. The molecule has 0 unspecified atom stereocenters. The summed E-state index contributed by atoms with van der Waals surface area (Å²) in [4.78, 5) is 11.8. The maximum absolute atomic E-state index is 11.8. The first kappa shape index (κ1) is 12.2. The van der Waals surface area contributed by atoms with Crippen LogP contribution in [-0.4, -0.2) is 12.5 Å². The van der Waals surface area contributed by atoms with Crippen LogP contribution in [0.2, 0.25) is 0 Å². The largest absolute Gasteiger partial charge is 0.467 e. The van der Waals surface area contributed by atoms with Crippen molar-refractivity contribution in [1.82, 2.24) is 5.32 Å². The zero-order chi connectivity index (χ0) is 12.8. The van der Waals surface area contributed by atoms with E-state index in [-0.39, 0.29) is 5.91 Å². The monoisotopic (exact) mass is 244 g/mol. The van der Waals surface area contributed by atoms with Gasteiger partial charge < -0.3 is 15.1 Å². The van der Waals surface area contributed by atoms with Crippen molar-refractivity contribution in [1.29, 1.82) is 0 Å². The van der Waals surface area contributed by atoms with Gasteiger partial charge in [-0.05, 0) is 43.3 Å². The summed E-state index contributed by atoms with van der Waals surface area (Å²) in [5.74, 6) is 0.641. The molecule has 0 spiro atoms. The molecule has 2 rings (SSSR count). The lowest BCUT2D eigenvalue weighted by Crippen LogP contribution is -2.22. The molecule has 0 fully saturated rings. The summed E-state index contributed by atoms with van der Waals surface area (Å²) >= 11 is 0. The quantitative estimate of drug-likeness (QED) is 0.850. The van der Waals surface area contributed by atoms with Crippen molar-refractivity contribution in [2.24, 2.45) is 0 Å². The van der Waals surface area contributed by atoms with Gasteiger partial charge in [0.15, 0.2) is 0 Å². The van der Waals surface area contributed by atoms with Crippen molar-refractivity contribution >= 4 is 11.6 Å². The van der Waals surface area contributed by atoms with Crippen molar-refractivity contribution in [3.8, 4) is 0 Å². The minimum atomic E-state index is -0.102. The molecule has 0 aliphatic carbocycles. The van der Waals surface area contributed by atoms with Crippen LogP contribution in [0.3, 0.4) is 0 Å². The molecule has 94 valence electrons. The van der Waals surface area contributed by atoms with Gasteiger partial charge in [0.2, 0.25) is 0 Å². The standard InChI is InChI=1S/C14H16N2O2/c1-2-15-12-7-5-11(6-8-12)14(17)16-10-13-4-3-9-18-13/h3-9,15H,2,10H2,1H3,(H,16,17). The Hall–Kier alpha value is -2.23. The average Bonchev–Trinajstić information content (AvgIpc) is 2.90. The van der Waals surface area contributed by atoms with E-state index in [0.29, 0.717) is 12.1 Å². The normalized spacial score (nSPS) is 10.1. The fourth-order valence-corrected chi connectivity index (χ4v) is 1.63. The second kappa shape index (κ2) is 5.91. The first-order valence-electron chi connectivity index (χ1n) is 5.94. The number of carbonyl (C=O) groups is 1. The molecule has 0 atom stereocenters. The third-order valence-corrected chi connectivity index (χ3v) is 2.53. The molecular weight excluding hydrogens is 228 g/mol. The van der Waals surface area contributed by atoms with Crippen LogP contribution >= 0.6 is 0 Å². The van der Waals surface area contributed by atoms with Crippen LogP contribution in [0.15, 0.2) is 47.1 Å². The van der Waals surface area contributed by atoms with Gasteiger partial charge in [-0.25, -0.2) is 0 Å². The Morgan fingerprint density at radius 3 is 2.61 bits per heavy atom. The third-order valence-electron chi connectivity index (χ3n) is 2.53. The summed E-state index contributed by atoms with van der Waals surface area (Å²) in [6.07, 6.45) is 1.59. The van der Waals surface area contributed by atoms with Gasteiger partial charge >= 0.3 is 0 Å². The van der Waals surface area contributed by atoms with E-state index in [9.17, 15) is 4.79 Å². The number of amides is 1. The van der Waals surface area contributed by atoms with Crippen LogP contribution < -0.4 is 10.6 Å². The maximum atomic E-state index is 11.8. The van der Waals surface area contributed by atoms with Gasteiger partial charge in [-0.2, -0.15) is 0 Å². The molecule has 0 radical (unpaired) electrons. The zero-order valence-electron chi connectivity index (χ0n) is 10.3. The third kappa shape index (κ3) is 3.13. The molecule has 0 saturated carbocycles. The van der Waals surface area contributed by atoms with Crippen molar-refractivity contribution < 1.29 is 9.21 Å². The number of hydrogen-bond donors (Lipinski definition) is 2. The molecule has 18 heavy (non-hydrogen) atoms. The van der Waals surface area contributed by atoms with Crippen LogP contribution in [0.5, 0.6) is 0 Å². The van der Waals surface area contributed by atoms with Gasteiger partial charge in [0.1, 0.15) is 5.76 Å². The summed E-state index contributed by atoms with van der Waals surface area (Å²) in [5, 5.41) is 5.98.